The summed E-state index contributed by atoms with van der Waals surface area (Å²) >= 11 is 5.93. The van der Waals surface area contributed by atoms with Crippen LogP contribution in [0.1, 0.15) is 24.5 Å². The van der Waals surface area contributed by atoms with Gasteiger partial charge in [0.05, 0.1) is 11.8 Å². The second-order valence-electron chi connectivity index (χ2n) is 6.65. The van der Waals surface area contributed by atoms with Crippen LogP contribution in [0.4, 0.5) is 4.39 Å². The van der Waals surface area contributed by atoms with Crippen LogP contribution in [0, 0.1) is 5.82 Å². The van der Waals surface area contributed by atoms with Crippen LogP contribution in [-0.2, 0) is 11.4 Å². The van der Waals surface area contributed by atoms with Crippen molar-refractivity contribution in [2.45, 2.75) is 32.1 Å². The summed E-state index contributed by atoms with van der Waals surface area (Å²) in [6, 6.07) is 13.9. The number of halogens is 2. The Labute approximate surface area is 157 Å². The molecule has 0 saturated carbocycles. The Kier molecular flexibility index (Phi) is 6.25. The Morgan fingerprint density at radius 1 is 1.23 bits per heavy atom. The number of oxime groups is 1. The molecule has 0 unspecified atom stereocenters. The summed E-state index contributed by atoms with van der Waals surface area (Å²) in [6.45, 7) is 3.50. The second kappa shape index (κ2) is 8.62. The molecule has 2 aromatic rings. The zero-order valence-electron chi connectivity index (χ0n) is 14.6. The molecule has 1 aliphatic rings. The fourth-order valence-corrected chi connectivity index (χ4v) is 3.18. The number of hydrogen-bond donors (Lipinski definition) is 1. The largest absolute Gasteiger partial charge is 0.392 e. The van der Waals surface area contributed by atoms with E-state index in [1.54, 1.807) is 19.1 Å². The Morgan fingerprint density at radius 2 is 1.92 bits per heavy atom. The van der Waals surface area contributed by atoms with E-state index in [2.05, 4.69) is 10.1 Å². The van der Waals surface area contributed by atoms with Gasteiger partial charge in [-0.1, -0.05) is 41.0 Å². The van der Waals surface area contributed by atoms with Gasteiger partial charge in [-0.25, -0.2) is 4.39 Å². The molecule has 1 N–H and O–H groups in total. The van der Waals surface area contributed by atoms with Crippen LogP contribution in [-0.4, -0.2) is 41.0 Å². The van der Waals surface area contributed by atoms with Crippen molar-refractivity contribution in [1.82, 2.24) is 4.90 Å². The predicted molar refractivity (Wildman–Crippen MR) is 101 cm³/mol. The van der Waals surface area contributed by atoms with E-state index in [-0.39, 0.29) is 11.9 Å². The SMILES string of the molecule is C[C@H](O)CN(Cc1ccc(F)cc1)C[C@@H]1CC(c2ccc(Cl)cc2)=NO1. The van der Waals surface area contributed by atoms with Crippen LogP contribution < -0.4 is 0 Å². The number of hydrogen-bond acceptors (Lipinski definition) is 4. The highest BCUT2D eigenvalue weighted by Gasteiger charge is 2.25. The molecule has 0 fully saturated rings. The van der Waals surface area contributed by atoms with Crippen LogP contribution in [0.5, 0.6) is 0 Å². The van der Waals surface area contributed by atoms with Crippen molar-refractivity contribution in [3.05, 3.63) is 70.5 Å². The van der Waals surface area contributed by atoms with Gasteiger partial charge in [0.25, 0.3) is 0 Å². The Hall–Kier alpha value is -1.95. The lowest BCUT2D eigenvalue weighted by molar-refractivity contribution is 0.0351. The van der Waals surface area contributed by atoms with E-state index in [1.165, 1.54) is 12.1 Å². The van der Waals surface area contributed by atoms with E-state index < -0.39 is 6.10 Å². The highest BCUT2D eigenvalue weighted by molar-refractivity contribution is 6.30. The van der Waals surface area contributed by atoms with Crippen molar-refractivity contribution in [1.29, 1.82) is 0 Å². The van der Waals surface area contributed by atoms with Crippen molar-refractivity contribution in [3.8, 4) is 0 Å². The number of rotatable bonds is 7. The zero-order chi connectivity index (χ0) is 18.5. The van der Waals surface area contributed by atoms with E-state index >= 15 is 0 Å². The molecule has 0 aliphatic carbocycles. The Morgan fingerprint density at radius 3 is 2.58 bits per heavy atom. The summed E-state index contributed by atoms with van der Waals surface area (Å²) in [7, 11) is 0. The van der Waals surface area contributed by atoms with Crippen molar-refractivity contribution >= 4 is 17.3 Å². The van der Waals surface area contributed by atoms with E-state index in [4.69, 9.17) is 16.4 Å². The molecule has 0 bridgehead atoms. The maximum absolute atomic E-state index is 13.1. The molecule has 0 saturated heterocycles. The molecular weight excluding hydrogens is 355 g/mol. The van der Waals surface area contributed by atoms with Crippen molar-refractivity contribution in [3.63, 3.8) is 0 Å². The molecule has 0 radical (unpaired) electrons. The zero-order valence-corrected chi connectivity index (χ0v) is 15.4. The molecule has 0 aromatic heterocycles. The minimum absolute atomic E-state index is 0.0834. The molecule has 2 atom stereocenters. The summed E-state index contributed by atoms with van der Waals surface area (Å²) in [5, 5.41) is 14.7. The fraction of sp³-hybridized carbons (Fsp3) is 0.350. The van der Waals surface area contributed by atoms with Gasteiger partial charge in [0.15, 0.2) is 0 Å². The topological polar surface area (TPSA) is 45.1 Å². The van der Waals surface area contributed by atoms with Gasteiger partial charge in [0, 0.05) is 31.1 Å². The van der Waals surface area contributed by atoms with Crippen LogP contribution in [0.25, 0.3) is 0 Å². The number of benzene rings is 2. The van der Waals surface area contributed by atoms with Gasteiger partial charge < -0.3 is 9.94 Å². The number of aliphatic hydroxyl groups is 1. The quantitative estimate of drug-likeness (QED) is 0.798. The van der Waals surface area contributed by atoms with E-state index in [1.807, 2.05) is 24.3 Å². The molecule has 1 heterocycles. The number of nitrogens with zero attached hydrogens (tertiary/aromatic N) is 2. The Bertz CT molecular complexity index is 747. The number of aliphatic hydroxyl groups excluding tert-OH is 1. The van der Waals surface area contributed by atoms with Crippen LogP contribution in [0.3, 0.4) is 0 Å². The first-order chi connectivity index (χ1) is 12.5. The first-order valence-corrected chi connectivity index (χ1v) is 9.01. The van der Waals surface area contributed by atoms with Gasteiger partial charge in [-0.2, -0.15) is 0 Å². The monoisotopic (exact) mass is 376 g/mol. The van der Waals surface area contributed by atoms with Crippen molar-refractivity contribution in [2.24, 2.45) is 5.16 Å². The van der Waals surface area contributed by atoms with E-state index in [9.17, 15) is 9.50 Å². The maximum atomic E-state index is 13.1. The van der Waals surface area contributed by atoms with Crippen molar-refractivity contribution < 1.29 is 14.3 Å². The third-order valence-electron chi connectivity index (χ3n) is 4.21. The van der Waals surface area contributed by atoms with Crippen molar-refractivity contribution in [2.75, 3.05) is 13.1 Å². The van der Waals surface area contributed by atoms with E-state index in [0.29, 0.717) is 31.1 Å². The smallest absolute Gasteiger partial charge is 0.145 e. The van der Waals surface area contributed by atoms with Gasteiger partial charge in [-0.05, 0) is 42.3 Å². The minimum Gasteiger partial charge on any atom is -0.392 e. The van der Waals surface area contributed by atoms with Gasteiger partial charge in [0.1, 0.15) is 11.9 Å². The maximum Gasteiger partial charge on any atom is 0.145 e. The predicted octanol–water partition coefficient (Wildman–Crippen LogP) is 3.86. The molecule has 0 spiro atoms. The summed E-state index contributed by atoms with van der Waals surface area (Å²) in [4.78, 5) is 7.69. The highest BCUT2D eigenvalue weighted by atomic mass is 35.5. The third kappa shape index (κ3) is 5.27. The van der Waals surface area contributed by atoms with Gasteiger partial charge >= 0.3 is 0 Å². The summed E-state index contributed by atoms with van der Waals surface area (Å²) < 4.78 is 13.1. The lowest BCUT2D eigenvalue weighted by Crippen LogP contribution is -2.37. The lowest BCUT2D eigenvalue weighted by Gasteiger charge is -2.25. The van der Waals surface area contributed by atoms with Crippen LogP contribution in [0.15, 0.2) is 53.7 Å². The second-order valence-corrected chi connectivity index (χ2v) is 7.08. The summed E-state index contributed by atoms with van der Waals surface area (Å²) in [5.74, 6) is -0.254. The normalized spacial score (nSPS) is 17.9. The molecule has 2 aromatic carbocycles. The molecule has 138 valence electrons. The minimum atomic E-state index is -0.464. The molecule has 1 aliphatic heterocycles. The van der Waals surface area contributed by atoms with E-state index in [0.717, 1.165) is 16.8 Å². The average Bonchev–Trinajstić information content (AvgIpc) is 3.05. The van der Waals surface area contributed by atoms with Gasteiger partial charge in [0.2, 0.25) is 0 Å². The first kappa shape index (κ1) is 18.8. The molecular formula is C20H22ClFN2O2. The van der Waals surface area contributed by atoms with Gasteiger partial charge in [-0.3, -0.25) is 4.90 Å². The summed E-state index contributed by atoms with van der Waals surface area (Å²) in [5.41, 5.74) is 2.88. The highest BCUT2D eigenvalue weighted by Crippen LogP contribution is 2.20. The van der Waals surface area contributed by atoms with Gasteiger partial charge in [-0.15, -0.1) is 0 Å². The molecule has 0 amide bonds. The molecule has 6 heteroatoms. The molecule has 26 heavy (non-hydrogen) atoms. The van der Waals surface area contributed by atoms with Crippen LogP contribution in [0.2, 0.25) is 5.02 Å². The third-order valence-corrected chi connectivity index (χ3v) is 4.47. The molecule has 4 nitrogen and oxygen atoms in total. The summed E-state index contributed by atoms with van der Waals surface area (Å²) in [6.07, 6.45) is 0.148. The lowest BCUT2D eigenvalue weighted by atomic mass is 10.0. The fourth-order valence-electron chi connectivity index (χ4n) is 3.05. The Balaban J connectivity index is 1.60. The molecule has 3 rings (SSSR count). The van der Waals surface area contributed by atoms with Crippen LogP contribution >= 0.6 is 11.6 Å². The standard InChI is InChI=1S/C20H22ClFN2O2/c1-14(25)11-24(12-15-2-8-18(22)9-3-15)13-19-10-20(23-26-19)16-4-6-17(21)7-5-16/h2-9,14,19,25H,10-13H2,1H3/t14-,19-/m0/s1. The first-order valence-electron chi connectivity index (χ1n) is 8.63. The average molecular weight is 377 g/mol.